The van der Waals surface area contributed by atoms with Crippen molar-refractivity contribution in [2.45, 2.75) is 6.18 Å². The molecule has 7 nitrogen and oxygen atoms in total. The van der Waals surface area contributed by atoms with Gasteiger partial charge in [-0.1, -0.05) is 11.6 Å². The van der Waals surface area contributed by atoms with Gasteiger partial charge >= 0.3 is 35.7 Å². The summed E-state index contributed by atoms with van der Waals surface area (Å²) in [5.74, 6) is -1.29. The number of nitro groups is 1. The summed E-state index contributed by atoms with van der Waals surface area (Å²) < 4.78 is 43.2. The van der Waals surface area contributed by atoms with Crippen LogP contribution in [0.3, 0.4) is 0 Å². The molecule has 0 aliphatic carbocycles. The van der Waals surface area contributed by atoms with Gasteiger partial charge in [-0.25, -0.2) is 0 Å². The third kappa shape index (κ3) is 5.58. The molecule has 27 heavy (non-hydrogen) atoms. The molecular weight excluding hydrogens is 402 g/mol. The van der Waals surface area contributed by atoms with Gasteiger partial charge in [0.15, 0.2) is 6.19 Å². The maximum absolute atomic E-state index is 12.6. The van der Waals surface area contributed by atoms with Gasteiger partial charge in [0.05, 0.1) is 15.5 Å². The first-order chi connectivity index (χ1) is 12.1. The van der Waals surface area contributed by atoms with Crippen molar-refractivity contribution < 1.29 is 27.6 Å². The number of benzene rings is 2. The van der Waals surface area contributed by atoms with E-state index in [0.717, 1.165) is 30.3 Å². The van der Waals surface area contributed by atoms with Crippen molar-refractivity contribution in [3.63, 3.8) is 0 Å². The molecule has 0 bridgehead atoms. The molecule has 0 unspecified atom stereocenters. The molecule has 2 aromatic carbocycles. The maximum atomic E-state index is 12.6. The Hall–Kier alpha value is -2.32. The second-order valence-electron chi connectivity index (χ2n) is 4.75. The Labute approximate surface area is 177 Å². The molecule has 0 saturated carbocycles. The summed E-state index contributed by atoms with van der Waals surface area (Å²) in [7, 11) is 0. The van der Waals surface area contributed by atoms with E-state index in [1.807, 2.05) is 0 Å². The van der Waals surface area contributed by atoms with Crippen LogP contribution in [-0.4, -0.2) is 40.4 Å². The Bertz CT molecular complexity index is 931. The summed E-state index contributed by atoms with van der Waals surface area (Å²) in [4.78, 5) is 21.9. The molecule has 1 amide bonds. The Kier molecular flexibility index (Phi) is 7.62. The first-order valence-corrected chi connectivity index (χ1v) is 7.03. The molecule has 12 heteroatoms. The number of halogens is 4. The van der Waals surface area contributed by atoms with E-state index < -0.39 is 33.8 Å². The van der Waals surface area contributed by atoms with Crippen molar-refractivity contribution in [3.05, 3.63) is 62.7 Å². The summed E-state index contributed by atoms with van der Waals surface area (Å²) in [6.07, 6.45) is -3.25. The van der Waals surface area contributed by atoms with Crippen LogP contribution in [0.5, 0.6) is 11.5 Å². The van der Waals surface area contributed by atoms with Crippen LogP contribution in [0.4, 0.5) is 18.9 Å². The van der Waals surface area contributed by atoms with Crippen LogP contribution >= 0.6 is 11.6 Å². The van der Waals surface area contributed by atoms with Crippen molar-refractivity contribution in [2.75, 3.05) is 0 Å². The average molecular weight is 410 g/mol. The summed E-state index contributed by atoms with van der Waals surface area (Å²) in [5.41, 5.74) is -2.02. The Morgan fingerprint density at radius 2 is 1.93 bits per heavy atom. The number of nitriles is 1. The number of rotatable bonds is 4. The Morgan fingerprint density at radius 1 is 1.26 bits per heavy atom. The summed E-state index contributed by atoms with van der Waals surface area (Å²) in [6, 6.07) is 5.44. The van der Waals surface area contributed by atoms with Crippen LogP contribution in [0.25, 0.3) is 0 Å². The molecule has 2 aromatic rings. The number of carbonyl (C=O) groups is 1. The van der Waals surface area contributed by atoms with E-state index >= 15 is 0 Å². The van der Waals surface area contributed by atoms with Gasteiger partial charge in [0.2, 0.25) is 0 Å². The number of hydrogen-bond donors (Lipinski definition) is 1. The predicted octanol–water partition coefficient (Wildman–Crippen LogP) is 3.62. The zero-order valence-electron chi connectivity index (χ0n) is 12.5. The first kappa shape index (κ1) is 22.7. The number of nitrogens with one attached hydrogen (secondary N) is 1. The van der Waals surface area contributed by atoms with Gasteiger partial charge in [0, 0.05) is 12.1 Å². The van der Waals surface area contributed by atoms with Gasteiger partial charge in [0.1, 0.15) is 17.1 Å². The number of nitrogens with zero attached hydrogens (tertiary/aromatic N) is 2. The van der Waals surface area contributed by atoms with Crippen LogP contribution < -0.4 is 10.1 Å². The zero-order valence-corrected chi connectivity index (χ0v) is 13.3. The number of amides is 1. The standard InChI is InChI=1S/C15H7ClF3N3O4.Na.H/c16-11-5-8(15(17,18)19)1-4-13(11)26-9-2-3-12(22(24)25)10(6-9)14(23)21-7-20;;/h1-6H,(H,21,23);;. The molecule has 0 heterocycles. The molecule has 1 N–H and O–H groups in total. The van der Waals surface area contributed by atoms with Gasteiger partial charge in [0.25, 0.3) is 11.6 Å². The molecule has 0 atom stereocenters. The first-order valence-electron chi connectivity index (χ1n) is 6.66. The minimum atomic E-state index is -4.59. The van der Waals surface area contributed by atoms with E-state index in [1.54, 1.807) is 5.32 Å². The van der Waals surface area contributed by atoms with Gasteiger partial charge < -0.3 is 4.74 Å². The SMILES string of the molecule is N#CNC(=O)c1cc(Oc2ccc(C(F)(F)F)cc2Cl)ccc1[N+](=O)[O-].[NaH]. The fraction of sp³-hybridized carbons (Fsp3) is 0.0667. The van der Waals surface area contributed by atoms with Crippen LogP contribution in [0, 0.1) is 21.6 Å². The molecule has 2 rings (SSSR count). The van der Waals surface area contributed by atoms with Gasteiger partial charge in [-0.2, -0.15) is 18.4 Å². The fourth-order valence-corrected chi connectivity index (χ4v) is 2.14. The van der Waals surface area contributed by atoms with E-state index in [2.05, 4.69) is 0 Å². The third-order valence-corrected chi connectivity index (χ3v) is 3.36. The van der Waals surface area contributed by atoms with Crippen molar-refractivity contribution in [1.82, 2.24) is 5.32 Å². The normalized spacial score (nSPS) is 10.3. The van der Waals surface area contributed by atoms with Gasteiger partial charge in [-0.05, 0) is 24.3 Å². The van der Waals surface area contributed by atoms with Crippen molar-refractivity contribution in [3.8, 4) is 17.7 Å². The molecule has 0 aliphatic rings. The molecular formula is C15H8ClF3N3NaO4. The number of hydrogen-bond acceptors (Lipinski definition) is 5. The molecule has 0 spiro atoms. The van der Waals surface area contributed by atoms with E-state index in [-0.39, 0.29) is 46.1 Å². The van der Waals surface area contributed by atoms with Crippen LogP contribution in [0.1, 0.15) is 15.9 Å². The average Bonchev–Trinajstić information content (AvgIpc) is 2.55. The van der Waals surface area contributed by atoms with Crippen LogP contribution in [-0.2, 0) is 6.18 Å². The number of alkyl halides is 3. The second kappa shape index (κ2) is 9.05. The van der Waals surface area contributed by atoms with Crippen molar-refractivity contribution >= 4 is 52.8 Å². The van der Waals surface area contributed by atoms with Crippen LogP contribution in [0.2, 0.25) is 5.02 Å². The van der Waals surface area contributed by atoms with E-state index in [9.17, 15) is 28.1 Å². The predicted molar refractivity (Wildman–Crippen MR) is 89.9 cm³/mol. The zero-order chi connectivity index (χ0) is 19.5. The second-order valence-corrected chi connectivity index (χ2v) is 5.15. The topological polar surface area (TPSA) is 105 Å². The molecule has 0 aliphatic heterocycles. The fourth-order valence-electron chi connectivity index (χ4n) is 1.92. The number of carbonyl (C=O) groups excluding carboxylic acids is 1. The monoisotopic (exact) mass is 409 g/mol. The quantitative estimate of drug-likeness (QED) is 0.273. The van der Waals surface area contributed by atoms with Crippen LogP contribution in [0.15, 0.2) is 36.4 Å². The molecule has 0 fully saturated rings. The van der Waals surface area contributed by atoms with E-state index in [4.69, 9.17) is 21.6 Å². The number of ether oxygens (including phenoxy) is 1. The molecule has 0 radical (unpaired) electrons. The van der Waals surface area contributed by atoms with Gasteiger partial charge in [-0.3, -0.25) is 20.2 Å². The summed E-state index contributed by atoms with van der Waals surface area (Å²) in [5, 5.41) is 20.8. The Balaban J connectivity index is 0.00000364. The molecule has 0 aromatic heterocycles. The van der Waals surface area contributed by atoms with E-state index in [0.29, 0.717) is 6.07 Å². The molecule has 136 valence electrons. The Morgan fingerprint density at radius 3 is 2.44 bits per heavy atom. The minimum absolute atomic E-state index is 0. The molecule has 0 saturated heterocycles. The van der Waals surface area contributed by atoms with Crippen molar-refractivity contribution in [2.24, 2.45) is 0 Å². The van der Waals surface area contributed by atoms with Crippen molar-refractivity contribution in [1.29, 1.82) is 5.26 Å². The third-order valence-electron chi connectivity index (χ3n) is 3.07. The summed E-state index contributed by atoms with van der Waals surface area (Å²) >= 11 is 5.76. The number of nitro benzene ring substituents is 1. The van der Waals surface area contributed by atoms with Gasteiger partial charge in [-0.15, -0.1) is 0 Å². The van der Waals surface area contributed by atoms with E-state index in [1.165, 1.54) is 6.19 Å². The summed E-state index contributed by atoms with van der Waals surface area (Å²) in [6.45, 7) is 0.